The molecule has 0 atom stereocenters. The lowest BCUT2D eigenvalue weighted by Crippen LogP contribution is -2.48. The molecule has 1 aliphatic heterocycles. The molecule has 2 aromatic carbocycles. The third-order valence-corrected chi connectivity index (χ3v) is 5.67. The van der Waals surface area contributed by atoms with E-state index in [0.717, 1.165) is 34.9 Å². The lowest BCUT2D eigenvalue weighted by atomic mass is 9.90. The molecule has 2 aromatic heterocycles. The summed E-state index contributed by atoms with van der Waals surface area (Å²) in [5, 5.41) is 6.00. The van der Waals surface area contributed by atoms with Crippen molar-refractivity contribution >= 4 is 33.5 Å². The predicted octanol–water partition coefficient (Wildman–Crippen LogP) is 3.25. The molecule has 0 aliphatic carbocycles. The third-order valence-electron chi connectivity index (χ3n) is 5.67. The van der Waals surface area contributed by atoms with Gasteiger partial charge in [0.1, 0.15) is 5.82 Å². The van der Waals surface area contributed by atoms with Crippen LogP contribution >= 0.6 is 0 Å². The summed E-state index contributed by atoms with van der Waals surface area (Å²) in [6.45, 7) is 3.59. The number of nitrogens with zero attached hydrogens (tertiary/aromatic N) is 4. The Morgan fingerprint density at radius 2 is 1.86 bits per heavy atom. The summed E-state index contributed by atoms with van der Waals surface area (Å²) in [6, 6.07) is 14.2. The fourth-order valence-corrected chi connectivity index (χ4v) is 3.97. The molecule has 6 nitrogen and oxygen atoms in total. The van der Waals surface area contributed by atoms with Crippen LogP contribution < -0.4 is 5.73 Å². The SMILES string of the molecule is Cc1ccc(C2CN(C(=O)c3ccc4nc(N)c5cnn(C)c5c4c3)C2)cc1. The van der Waals surface area contributed by atoms with Gasteiger partial charge in [-0.05, 0) is 30.7 Å². The highest BCUT2D eigenvalue weighted by molar-refractivity contribution is 6.10. The van der Waals surface area contributed by atoms with E-state index < -0.39 is 0 Å². The van der Waals surface area contributed by atoms with Gasteiger partial charge in [-0.2, -0.15) is 5.10 Å². The molecule has 1 saturated heterocycles. The van der Waals surface area contributed by atoms with Gasteiger partial charge in [-0.15, -0.1) is 0 Å². The molecule has 5 rings (SSSR count). The lowest BCUT2D eigenvalue weighted by Gasteiger charge is -2.39. The smallest absolute Gasteiger partial charge is 0.253 e. The van der Waals surface area contributed by atoms with Gasteiger partial charge in [0.15, 0.2) is 0 Å². The summed E-state index contributed by atoms with van der Waals surface area (Å²) in [5.74, 6) is 0.922. The van der Waals surface area contributed by atoms with E-state index in [-0.39, 0.29) is 5.91 Å². The quantitative estimate of drug-likeness (QED) is 0.587. The number of nitrogens with two attached hydrogens (primary N) is 1. The number of pyridine rings is 1. The maximum Gasteiger partial charge on any atom is 0.253 e. The van der Waals surface area contributed by atoms with E-state index in [1.165, 1.54) is 11.1 Å². The molecular formula is C22H21N5O. The van der Waals surface area contributed by atoms with E-state index in [1.54, 1.807) is 10.9 Å². The third kappa shape index (κ3) is 2.52. The Balaban J connectivity index is 1.44. The van der Waals surface area contributed by atoms with Crippen LogP contribution in [-0.2, 0) is 7.05 Å². The Labute approximate surface area is 162 Å². The Bertz CT molecular complexity index is 1220. The van der Waals surface area contributed by atoms with Crippen LogP contribution in [0.4, 0.5) is 5.82 Å². The van der Waals surface area contributed by atoms with Crippen molar-refractivity contribution in [2.45, 2.75) is 12.8 Å². The number of benzene rings is 2. The average Bonchev–Trinajstić information content (AvgIpc) is 3.04. The minimum Gasteiger partial charge on any atom is -0.383 e. The highest BCUT2D eigenvalue weighted by Crippen LogP contribution is 2.31. The van der Waals surface area contributed by atoms with Crippen molar-refractivity contribution in [1.82, 2.24) is 19.7 Å². The monoisotopic (exact) mass is 371 g/mol. The van der Waals surface area contributed by atoms with Gasteiger partial charge in [0.2, 0.25) is 0 Å². The summed E-state index contributed by atoms with van der Waals surface area (Å²) in [6.07, 6.45) is 1.72. The Kier molecular flexibility index (Phi) is 3.62. The highest BCUT2D eigenvalue weighted by atomic mass is 16.2. The summed E-state index contributed by atoms with van der Waals surface area (Å²) < 4.78 is 1.78. The molecule has 4 aromatic rings. The first-order valence-electron chi connectivity index (χ1n) is 9.38. The second kappa shape index (κ2) is 6.05. The molecule has 3 heterocycles. The number of likely N-dealkylation sites (tertiary alicyclic amines) is 1. The van der Waals surface area contributed by atoms with E-state index in [2.05, 4.69) is 41.3 Å². The van der Waals surface area contributed by atoms with Gasteiger partial charge < -0.3 is 10.6 Å². The van der Waals surface area contributed by atoms with Crippen LogP contribution in [0.1, 0.15) is 27.4 Å². The number of nitrogen functional groups attached to an aromatic ring is 1. The molecule has 0 saturated carbocycles. The maximum atomic E-state index is 13.0. The summed E-state index contributed by atoms with van der Waals surface area (Å²) in [7, 11) is 1.87. The molecule has 2 N–H and O–H groups in total. The van der Waals surface area contributed by atoms with Crippen LogP contribution in [0.5, 0.6) is 0 Å². The minimum absolute atomic E-state index is 0.0532. The molecule has 0 bridgehead atoms. The average molecular weight is 371 g/mol. The first-order valence-corrected chi connectivity index (χ1v) is 9.38. The Morgan fingerprint density at radius 1 is 1.11 bits per heavy atom. The molecule has 0 radical (unpaired) electrons. The predicted molar refractivity (Wildman–Crippen MR) is 110 cm³/mol. The van der Waals surface area contributed by atoms with Gasteiger partial charge in [0.25, 0.3) is 5.91 Å². The van der Waals surface area contributed by atoms with Crippen molar-refractivity contribution in [3.63, 3.8) is 0 Å². The van der Waals surface area contributed by atoms with E-state index >= 15 is 0 Å². The van der Waals surface area contributed by atoms with Crippen LogP contribution in [-0.4, -0.2) is 38.7 Å². The van der Waals surface area contributed by atoms with E-state index in [4.69, 9.17) is 5.73 Å². The van der Waals surface area contributed by atoms with Crippen molar-refractivity contribution in [3.8, 4) is 0 Å². The maximum absolute atomic E-state index is 13.0. The van der Waals surface area contributed by atoms with Gasteiger partial charge in [-0.1, -0.05) is 29.8 Å². The van der Waals surface area contributed by atoms with Crippen LogP contribution in [0, 0.1) is 6.92 Å². The van der Waals surface area contributed by atoms with Gasteiger partial charge in [-0.3, -0.25) is 9.48 Å². The second-order valence-electron chi connectivity index (χ2n) is 7.58. The molecule has 1 amide bonds. The van der Waals surface area contributed by atoms with E-state index in [1.807, 2.05) is 30.1 Å². The van der Waals surface area contributed by atoms with Crippen LogP contribution in [0.3, 0.4) is 0 Å². The second-order valence-corrected chi connectivity index (χ2v) is 7.58. The van der Waals surface area contributed by atoms with Gasteiger partial charge >= 0.3 is 0 Å². The number of aromatic nitrogens is 3. The number of carbonyl (C=O) groups is 1. The summed E-state index contributed by atoms with van der Waals surface area (Å²) in [5.41, 5.74) is 10.9. The molecule has 0 unspecified atom stereocenters. The molecule has 1 fully saturated rings. The summed E-state index contributed by atoms with van der Waals surface area (Å²) >= 11 is 0. The van der Waals surface area contributed by atoms with E-state index in [0.29, 0.717) is 17.3 Å². The fourth-order valence-electron chi connectivity index (χ4n) is 3.97. The van der Waals surface area contributed by atoms with Crippen LogP contribution in [0.15, 0.2) is 48.7 Å². The van der Waals surface area contributed by atoms with Gasteiger partial charge in [-0.25, -0.2) is 4.98 Å². The molecule has 28 heavy (non-hydrogen) atoms. The molecule has 1 aliphatic rings. The number of carbonyl (C=O) groups excluding carboxylic acids is 1. The molecular weight excluding hydrogens is 350 g/mol. The van der Waals surface area contributed by atoms with Gasteiger partial charge in [0, 0.05) is 37.0 Å². The highest BCUT2D eigenvalue weighted by Gasteiger charge is 2.32. The standard InChI is InChI=1S/C22H21N5O/c1-13-3-5-14(6-4-13)16-11-27(12-16)22(28)15-7-8-19-17(9-15)20-18(21(23)25-19)10-24-26(20)2/h3-10,16H,11-12H2,1-2H3,(H2,23,25). The Hall–Kier alpha value is -3.41. The van der Waals surface area contributed by atoms with Crippen molar-refractivity contribution in [3.05, 3.63) is 65.4 Å². The largest absolute Gasteiger partial charge is 0.383 e. The lowest BCUT2D eigenvalue weighted by molar-refractivity contribution is 0.0602. The first-order chi connectivity index (χ1) is 13.5. The van der Waals surface area contributed by atoms with Crippen molar-refractivity contribution < 1.29 is 4.79 Å². The van der Waals surface area contributed by atoms with Crippen molar-refractivity contribution in [1.29, 1.82) is 0 Å². The normalized spacial score (nSPS) is 14.6. The number of hydrogen-bond acceptors (Lipinski definition) is 4. The number of hydrogen-bond donors (Lipinski definition) is 1. The Morgan fingerprint density at radius 3 is 2.61 bits per heavy atom. The van der Waals surface area contributed by atoms with Crippen molar-refractivity contribution in [2.75, 3.05) is 18.8 Å². The zero-order chi connectivity index (χ0) is 19.4. The van der Waals surface area contributed by atoms with Crippen LogP contribution in [0.2, 0.25) is 0 Å². The van der Waals surface area contributed by atoms with E-state index in [9.17, 15) is 4.79 Å². The topological polar surface area (TPSA) is 77.0 Å². The zero-order valence-corrected chi connectivity index (χ0v) is 15.9. The molecule has 0 spiro atoms. The zero-order valence-electron chi connectivity index (χ0n) is 15.9. The summed E-state index contributed by atoms with van der Waals surface area (Å²) in [4.78, 5) is 19.3. The number of rotatable bonds is 2. The number of aryl methyl sites for hydroxylation is 2. The molecule has 140 valence electrons. The number of amides is 1. The number of anilines is 1. The van der Waals surface area contributed by atoms with Gasteiger partial charge in [0.05, 0.1) is 22.6 Å². The first kappa shape index (κ1) is 16.7. The van der Waals surface area contributed by atoms with Crippen molar-refractivity contribution in [2.24, 2.45) is 7.05 Å². The minimum atomic E-state index is 0.0532. The van der Waals surface area contributed by atoms with Crippen LogP contribution in [0.25, 0.3) is 21.8 Å². The fraction of sp³-hybridized carbons (Fsp3) is 0.227. The molecule has 6 heteroatoms. The number of fused-ring (bicyclic) bond motifs is 3.